The lowest BCUT2D eigenvalue weighted by Gasteiger charge is -2.19. The van der Waals surface area contributed by atoms with Gasteiger partial charge in [-0.2, -0.15) is 8.78 Å². The maximum absolute atomic E-state index is 14.1. The van der Waals surface area contributed by atoms with Crippen molar-refractivity contribution in [2.45, 2.75) is 32.4 Å². The predicted molar refractivity (Wildman–Crippen MR) is 132 cm³/mol. The van der Waals surface area contributed by atoms with Crippen LogP contribution in [0.4, 0.5) is 14.6 Å². The Bertz CT molecular complexity index is 1560. The van der Waals surface area contributed by atoms with Crippen molar-refractivity contribution >= 4 is 5.82 Å². The zero-order valence-corrected chi connectivity index (χ0v) is 20.2. The monoisotopic (exact) mass is 492 g/mol. The highest BCUT2D eigenvalue weighted by atomic mass is 19.3. The minimum atomic E-state index is -3.33. The molecule has 0 radical (unpaired) electrons. The first kappa shape index (κ1) is 23.8. The van der Waals surface area contributed by atoms with Crippen LogP contribution in [0.1, 0.15) is 29.9 Å². The van der Waals surface area contributed by atoms with E-state index in [1.54, 1.807) is 32.3 Å². The molecule has 2 aromatic rings. The summed E-state index contributed by atoms with van der Waals surface area (Å²) in [5.74, 6) is -1.16. The Labute approximate surface area is 206 Å². The molecule has 3 aliphatic rings. The van der Waals surface area contributed by atoms with Gasteiger partial charge in [0.25, 0.3) is 5.92 Å². The third-order valence-electron chi connectivity index (χ3n) is 6.42. The molecule has 1 aromatic carbocycles. The van der Waals surface area contributed by atoms with E-state index in [0.717, 1.165) is 34.9 Å². The van der Waals surface area contributed by atoms with Gasteiger partial charge in [-0.1, -0.05) is 18.2 Å². The second-order valence-corrected chi connectivity index (χ2v) is 8.98. The summed E-state index contributed by atoms with van der Waals surface area (Å²) in [4.78, 5) is 26.0. The maximum atomic E-state index is 14.1. The van der Waals surface area contributed by atoms with E-state index in [0.29, 0.717) is 23.4 Å². The zero-order valence-electron chi connectivity index (χ0n) is 20.2. The molecular weight excluding hydrogens is 466 g/mol. The first-order valence-corrected chi connectivity index (χ1v) is 11.6. The van der Waals surface area contributed by atoms with Crippen LogP contribution in [0.3, 0.4) is 0 Å². The van der Waals surface area contributed by atoms with Gasteiger partial charge in [0.15, 0.2) is 5.49 Å². The summed E-state index contributed by atoms with van der Waals surface area (Å²) >= 11 is 0. The number of aliphatic hydroxyl groups excluding tert-OH is 1. The molecule has 10 heteroatoms. The summed E-state index contributed by atoms with van der Waals surface area (Å²) in [5, 5.41) is 12.5. The second kappa shape index (κ2) is 8.94. The van der Waals surface area contributed by atoms with Crippen LogP contribution >= 0.6 is 0 Å². The number of aromatic nitrogens is 4. The lowest BCUT2D eigenvalue weighted by Crippen LogP contribution is -2.21. The van der Waals surface area contributed by atoms with E-state index < -0.39 is 18.6 Å². The Hall–Kier alpha value is -3.92. The van der Waals surface area contributed by atoms with Gasteiger partial charge in [-0.25, -0.2) is 9.97 Å². The van der Waals surface area contributed by atoms with E-state index in [9.17, 15) is 13.6 Å². The van der Waals surface area contributed by atoms with Crippen LogP contribution in [0, 0.1) is 6.92 Å². The Morgan fingerprint density at radius 2 is 2.00 bits per heavy atom. The van der Waals surface area contributed by atoms with Crippen molar-refractivity contribution in [2.24, 2.45) is 12.0 Å². The Kier molecular flexibility index (Phi) is 5.91. The summed E-state index contributed by atoms with van der Waals surface area (Å²) in [6.07, 6.45) is 1.78. The molecule has 1 unspecified atom stereocenters. The molecule has 36 heavy (non-hydrogen) atoms. The molecule has 3 aliphatic heterocycles. The molecule has 0 saturated carbocycles. The molecule has 4 heterocycles. The quantitative estimate of drug-likeness (QED) is 0.446. The molecule has 5 rings (SSSR count). The fraction of sp³-hybridized carbons (Fsp3) is 0.308. The van der Waals surface area contributed by atoms with Crippen molar-refractivity contribution in [1.82, 2.24) is 19.1 Å². The number of aryl methyl sites for hydroxylation is 2. The molecule has 1 atom stereocenters. The number of halogens is 2. The number of anilines is 1. The maximum Gasteiger partial charge on any atom is 0.295 e. The van der Waals surface area contributed by atoms with Gasteiger partial charge in [-0.05, 0) is 37.6 Å². The van der Waals surface area contributed by atoms with Crippen molar-refractivity contribution in [1.29, 1.82) is 0 Å². The van der Waals surface area contributed by atoms with E-state index in [2.05, 4.69) is 19.9 Å². The summed E-state index contributed by atoms with van der Waals surface area (Å²) in [6.45, 7) is 3.78. The molecule has 0 fully saturated rings. The molecule has 0 saturated heterocycles. The van der Waals surface area contributed by atoms with E-state index in [4.69, 9.17) is 10.1 Å². The number of rotatable bonds is 5. The average molecular weight is 493 g/mol. The van der Waals surface area contributed by atoms with Crippen molar-refractivity contribution in [3.05, 3.63) is 81.5 Å². The number of alkyl halides is 2. The molecule has 0 bridgehead atoms. The fourth-order valence-electron chi connectivity index (χ4n) is 4.49. The number of nitrogens with one attached hydrogen (secondary N) is 1. The smallest absolute Gasteiger partial charge is 0.295 e. The van der Waals surface area contributed by atoms with Gasteiger partial charge in [-0.15, -0.1) is 0 Å². The summed E-state index contributed by atoms with van der Waals surface area (Å²) in [6, 6.07) is 10.7. The predicted octanol–water partition coefficient (Wildman–Crippen LogP) is 3.23. The Morgan fingerprint density at radius 1 is 1.19 bits per heavy atom. The topological polar surface area (TPSA) is 97.3 Å². The van der Waals surface area contributed by atoms with Crippen molar-refractivity contribution in [3.63, 3.8) is 0 Å². The zero-order chi connectivity index (χ0) is 25.6. The number of hydrogen-bond acceptors (Lipinski definition) is 6. The van der Waals surface area contributed by atoms with E-state index in [-0.39, 0.29) is 11.1 Å². The molecule has 8 nitrogen and oxygen atoms in total. The van der Waals surface area contributed by atoms with Gasteiger partial charge in [0, 0.05) is 49.1 Å². The van der Waals surface area contributed by atoms with Crippen LogP contribution in [0.25, 0.3) is 22.5 Å². The summed E-state index contributed by atoms with van der Waals surface area (Å²) < 4.78 is 31.8. The van der Waals surface area contributed by atoms with Crippen LogP contribution in [-0.4, -0.2) is 37.4 Å². The molecule has 186 valence electrons. The molecule has 1 aromatic heterocycles. The van der Waals surface area contributed by atoms with Crippen molar-refractivity contribution in [2.75, 3.05) is 18.5 Å². The molecule has 0 amide bonds. The standard InChI is InChI=1S/C26H26F2N6O2/c1-15(17-5-4-6-19(11-17)26(27,28)14-35)30-23-21-12-20(18-7-8-22(36)33(3)13-18)24-29-9-10-34(24)25(21)32-16(2)31-23/h4-8,11-13,15,29,35H,9-10,14H2,1-3H3. The number of aliphatic hydroxyl groups is 1. The minimum absolute atomic E-state index is 0.103. The molecule has 0 spiro atoms. The van der Waals surface area contributed by atoms with Crippen LogP contribution < -0.4 is 16.4 Å². The lowest BCUT2D eigenvalue weighted by molar-refractivity contribution is -0.0556. The number of pyridine rings is 2. The first-order chi connectivity index (χ1) is 17.2. The number of nitrogens with zero attached hydrogens (tertiary/aromatic N) is 5. The third kappa shape index (κ3) is 4.17. The van der Waals surface area contributed by atoms with Gasteiger partial charge in [0.1, 0.15) is 24.1 Å². The highest BCUT2D eigenvalue weighted by molar-refractivity contribution is 5.81. The highest BCUT2D eigenvalue weighted by Gasteiger charge is 2.31. The molecule has 0 aliphatic carbocycles. The summed E-state index contributed by atoms with van der Waals surface area (Å²) in [5.41, 5.74) is 3.14. The largest absolute Gasteiger partial charge is 0.390 e. The summed E-state index contributed by atoms with van der Waals surface area (Å²) in [7, 11) is 1.71. The number of fused-ring (bicyclic) bond motifs is 3. The van der Waals surface area contributed by atoms with Crippen LogP contribution in [0.2, 0.25) is 0 Å². The van der Waals surface area contributed by atoms with Gasteiger partial charge >= 0.3 is 0 Å². The van der Waals surface area contributed by atoms with Crippen molar-refractivity contribution < 1.29 is 13.9 Å². The number of benzene rings is 1. The van der Waals surface area contributed by atoms with E-state index in [1.807, 2.05) is 13.0 Å². The Balaban J connectivity index is 1.69. The van der Waals surface area contributed by atoms with Crippen LogP contribution in [-0.2, 0) is 19.5 Å². The lowest BCUT2D eigenvalue weighted by atomic mass is 10.0. The van der Waals surface area contributed by atoms with Gasteiger partial charge < -0.3 is 19.6 Å². The van der Waals surface area contributed by atoms with Crippen molar-refractivity contribution in [3.8, 4) is 22.5 Å². The third-order valence-corrected chi connectivity index (χ3v) is 6.42. The van der Waals surface area contributed by atoms with Crippen LogP contribution in [0.5, 0.6) is 0 Å². The highest BCUT2D eigenvalue weighted by Crippen LogP contribution is 2.36. The Morgan fingerprint density at radius 3 is 2.75 bits per heavy atom. The first-order valence-electron chi connectivity index (χ1n) is 11.6. The van der Waals surface area contributed by atoms with Gasteiger partial charge in [0.2, 0.25) is 5.56 Å². The molecular formula is C26H26F2N6O2. The number of hydrogen-bond donors (Lipinski definition) is 2. The van der Waals surface area contributed by atoms with Crippen LogP contribution in [0.15, 0.2) is 58.4 Å². The normalized spacial score (nSPS) is 14.7. The van der Waals surface area contributed by atoms with Gasteiger partial charge in [-0.3, -0.25) is 9.79 Å². The molecule has 2 N–H and O–H groups in total. The fourth-order valence-corrected chi connectivity index (χ4v) is 4.49. The minimum Gasteiger partial charge on any atom is -0.390 e. The second-order valence-electron chi connectivity index (χ2n) is 8.98. The van der Waals surface area contributed by atoms with E-state index in [1.165, 1.54) is 28.8 Å². The van der Waals surface area contributed by atoms with E-state index >= 15 is 0 Å². The SMILES string of the molecule is Cc1nc2n3c(c(-c4ccc(=O)n(C)c4)cc-2c(=NC(C)c2cccc(C(F)(F)CO)c2)n1)NCC3. The van der Waals surface area contributed by atoms with Gasteiger partial charge in [0.05, 0.1) is 11.6 Å². The average Bonchev–Trinajstić information content (AvgIpc) is 3.36.